The average Bonchev–Trinajstić information content (AvgIpc) is 3.13. The maximum atomic E-state index is 12.7. The summed E-state index contributed by atoms with van der Waals surface area (Å²) in [4.78, 5) is 21.4. The Morgan fingerprint density at radius 3 is 3.12 bits per heavy atom. The lowest BCUT2D eigenvalue weighted by atomic mass is 10.2. The highest BCUT2D eigenvalue weighted by atomic mass is 32.1. The molecule has 0 aliphatic carbocycles. The number of anilines is 1. The molecule has 0 fully saturated rings. The maximum Gasteiger partial charge on any atom is 0.263 e. The number of carbonyl (C=O) groups excluding carboxylic acids is 1. The van der Waals surface area contributed by atoms with Gasteiger partial charge in [0, 0.05) is 12.4 Å². The van der Waals surface area contributed by atoms with Crippen LogP contribution in [0, 0.1) is 6.92 Å². The van der Waals surface area contributed by atoms with Crippen LogP contribution in [0.25, 0.3) is 15.9 Å². The van der Waals surface area contributed by atoms with Gasteiger partial charge in [0.15, 0.2) is 10.8 Å². The Morgan fingerprint density at radius 1 is 1.40 bits per heavy atom. The first-order valence-corrected chi connectivity index (χ1v) is 8.62. The largest absolute Gasteiger partial charge is 0.494 e. The molecule has 1 amide bonds. The molecule has 0 spiro atoms. The molecule has 0 radical (unpaired) electrons. The summed E-state index contributed by atoms with van der Waals surface area (Å²) in [7, 11) is 0. The standard InChI is InChI=1S/C17H15N5O2S/c1-3-24-11-5-6-12-13(9-11)25-17(19-12)20-16(23)14-10(2)21-22-8-4-7-18-15(14)22/h4-9H,3H2,1-2H3,(H,19,20,23). The fraction of sp³-hybridized carbons (Fsp3) is 0.176. The Bertz CT molecular complexity index is 1090. The van der Waals surface area contributed by atoms with Gasteiger partial charge < -0.3 is 4.74 Å². The highest BCUT2D eigenvalue weighted by molar-refractivity contribution is 7.22. The van der Waals surface area contributed by atoms with Gasteiger partial charge in [-0.15, -0.1) is 0 Å². The maximum absolute atomic E-state index is 12.7. The minimum Gasteiger partial charge on any atom is -0.494 e. The van der Waals surface area contributed by atoms with Gasteiger partial charge in [0.2, 0.25) is 0 Å². The van der Waals surface area contributed by atoms with Gasteiger partial charge in [-0.2, -0.15) is 5.10 Å². The number of ether oxygens (including phenoxy) is 1. The number of nitrogens with zero attached hydrogens (tertiary/aromatic N) is 4. The zero-order valence-electron chi connectivity index (χ0n) is 13.7. The summed E-state index contributed by atoms with van der Waals surface area (Å²) in [6.07, 6.45) is 3.40. The van der Waals surface area contributed by atoms with Crippen LogP contribution in [0.5, 0.6) is 5.75 Å². The Kier molecular flexibility index (Phi) is 3.81. The summed E-state index contributed by atoms with van der Waals surface area (Å²) in [6.45, 7) is 4.33. The average molecular weight is 353 g/mol. The van der Waals surface area contributed by atoms with E-state index in [-0.39, 0.29) is 5.91 Å². The first kappa shape index (κ1) is 15.5. The number of aryl methyl sites for hydroxylation is 1. The van der Waals surface area contributed by atoms with Crippen molar-refractivity contribution in [2.75, 3.05) is 11.9 Å². The van der Waals surface area contributed by atoms with E-state index in [1.807, 2.05) is 25.1 Å². The van der Waals surface area contributed by atoms with Gasteiger partial charge in [0.05, 0.1) is 22.5 Å². The van der Waals surface area contributed by atoms with Gasteiger partial charge in [0.25, 0.3) is 5.91 Å². The molecule has 0 saturated carbocycles. The third kappa shape index (κ3) is 2.80. The van der Waals surface area contributed by atoms with Crippen LogP contribution in [0.15, 0.2) is 36.7 Å². The van der Waals surface area contributed by atoms with E-state index in [9.17, 15) is 4.79 Å². The van der Waals surface area contributed by atoms with Crippen LogP contribution in [-0.4, -0.2) is 32.1 Å². The molecule has 3 aromatic heterocycles. The summed E-state index contributed by atoms with van der Waals surface area (Å²) < 4.78 is 8.05. The summed E-state index contributed by atoms with van der Waals surface area (Å²) in [6, 6.07) is 7.45. The zero-order chi connectivity index (χ0) is 17.4. The van der Waals surface area contributed by atoms with E-state index in [2.05, 4.69) is 20.4 Å². The second-order valence-corrected chi connectivity index (χ2v) is 6.41. The number of thiazole rings is 1. The number of rotatable bonds is 4. The van der Waals surface area contributed by atoms with Crippen molar-refractivity contribution in [2.24, 2.45) is 0 Å². The van der Waals surface area contributed by atoms with E-state index in [0.717, 1.165) is 16.0 Å². The van der Waals surface area contributed by atoms with Gasteiger partial charge in [-0.3, -0.25) is 10.1 Å². The van der Waals surface area contributed by atoms with Crippen LogP contribution in [0.1, 0.15) is 23.0 Å². The lowest BCUT2D eigenvalue weighted by molar-refractivity contribution is 0.102. The van der Waals surface area contributed by atoms with Crippen molar-refractivity contribution in [1.29, 1.82) is 0 Å². The van der Waals surface area contributed by atoms with Crippen LogP contribution in [0.3, 0.4) is 0 Å². The van der Waals surface area contributed by atoms with Crippen molar-refractivity contribution >= 4 is 38.2 Å². The van der Waals surface area contributed by atoms with Gasteiger partial charge in [-0.1, -0.05) is 11.3 Å². The Balaban J connectivity index is 1.66. The molecular weight excluding hydrogens is 338 g/mol. The molecular formula is C17H15N5O2S. The molecule has 7 nitrogen and oxygen atoms in total. The third-order valence-electron chi connectivity index (χ3n) is 3.69. The smallest absolute Gasteiger partial charge is 0.263 e. The topological polar surface area (TPSA) is 81.4 Å². The van der Waals surface area contributed by atoms with Crippen LogP contribution < -0.4 is 10.1 Å². The SMILES string of the molecule is CCOc1ccc2nc(NC(=O)c3c(C)nn4cccnc34)sc2c1. The second kappa shape index (κ2) is 6.14. The van der Waals surface area contributed by atoms with Crippen LogP contribution in [-0.2, 0) is 0 Å². The summed E-state index contributed by atoms with van der Waals surface area (Å²) >= 11 is 1.40. The van der Waals surface area contributed by atoms with Crippen molar-refractivity contribution in [3.8, 4) is 5.75 Å². The summed E-state index contributed by atoms with van der Waals surface area (Å²) in [5.74, 6) is 0.523. The van der Waals surface area contributed by atoms with Crippen LogP contribution in [0.4, 0.5) is 5.13 Å². The highest BCUT2D eigenvalue weighted by Gasteiger charge is 2.19. The first-order chi connectivity index (χ1) is 12.2. The van der Waals surface area contributed by atoms with E-state index in [1.54, 1.807) is 29.9 Å². The van der Waals surface area contributed by atoms with E-state index < -0.39 is 0 Å². The quantitative estimate of drug-likeness (QED) is 0.609. The van der Waals surface area contributed by atoms with Crippen LogP contribution in [0.2, 0.25) is 0 Å². The molecule has 4 rings (SSSR count). The van der Waals surface area contributed by atoms with E-state index >= 15 is 0 Å². The minimum absolute atomic E-state index is 0.268. The first-order valence-electron chi connectivity index (χ1n) is 7.80. The van der Waals surface area contributed by atoms with Gasteiger partial charge in [0.1, 0.15) is 11.3 Å². The third-order valence-corrected chi connectivity index (χ3v) is 4.62. The van der Waals surface area contributed by atoms with E-state index in [4.69, 9.17) is 4.74 Å². The lowest BCUT2D eigenvalue weighted by Crippen LogP contribution is -2.13. The number of aromatic nitrogens is 4. The molecule has 8 heteroatoms. The normalized spacial score (nSPS) is 11.1. The molecule has 3 heterocycles. The monoisotopic (exact) mass is 353 g/mol. The fourth-order valence-electron chi connectivity index (χ4n) is 2.64. The second-order valence-electron chi connectivity index (χ2n) is 5.38. The molecule has 0 aliphatic heterocycles. The van der Waals surface area contributed by atoms with Gasteiger partial charge in [-0.05, 0) is 38.1 Å². The molecule has 0 unspecified atom stereocenters. The lowest BCUT2D eigenvalue weighted by Gasteiger charge is -2.00. The molecule has 1 N–H and O–H groups in total. The van der Waals surface area contributed by atoms with Crippen molar-refractivity contribution in [1.82, 2.24) is 19.6 Å². The number of fused-ring (bicyclic) bond motifs is 2. The van der Waals surface area contributed by atoms with Crippen molar-refractivity contribution < 1.29 is 9.53 Å². The van der Waals surface area contributed by atoms with Crippen molar-refractivity contribution in [2.45, 2.75) is 13.8 Å². The number of nitrogens with one attached hydrogen (secondary N) is 1. The molecule has 1 aromatic carbocycles. The summed E-state index contributed by atoms with van der Waals surface area (Å²) in [5.41, 5.74) is 2.42. The Labute approximate surface area is 147 Å². The minimum atomic E-state index is -0.268. The zero-order valence-corrected chi connectivity index (χ0v) is 14.5. The molecule has 0 aliphatic rings. The number of amides is 1. The Morgan fingerprint density at radius 2 is 2.28 bits per heavy atom. The van der Waals surface area contributed by atoms with E-state index in [0.29, 0.717) is 28.6 Å². The van der Waals surface area contributed by atoms with Gasteiger partial charge in [-0.25, -0.2) is 14.5 Å². The van der Waals surface area contributed by atoms with Crippen molar-refractivity contribution in [3.63, 3.8) is 0 Å². The predicted molar refractivity (Wildman–Crippen MR) is 96.5 cm³/mol. The molecule has 0 atom stereocenters. The molecule has 25 heavy (non-hydrogen) atoms. The number of hydrogen-bond donors (Lipinski definition) is 1. The predicted octanol–water partition coefficient (Wildman–Crippen LogP) is 3.30. The number of benzene rings is 1. The molecule has 0 bridgehead atoms. The van der Waals surface area contributed by atoms with Crippen molar-refractivity contribution in [3.05, 3.63) is 47.9 Å². The number of hydrogen-bond acceptors (Lipinski definition) is 6. The highest BCUT2D eigenvalue weighted by Crippen LogP contribution is 2.29. The van der Waals surface area contributed by atoms with E-state index in [1.165, 1.54) is 11.3 Å². The number of carbonyl (C=O) groups is 1. The molecule has 0 saturated heterocycles. The fourth-order valence-corrected chi connectivity index (χ4v) is 3.53. The van der Waals surface area contributed by atoms with Crippen LogP contribution >= 0.6 is 11.3 Å². The molecule has 4 aromatic rings. The molecule has 126 valence electrons. The van der Waals surface area contributed by atoms with Gasteiger partial charge >= 0.3 is 0 Å². The summed E-state index contributed by atoms with van der Waals surface area (Å²) in [5, 5.41) is 7.69. The Hall–Kier alpha value is -3.00.